The summed E-state index contributed by atoms with van der Waals surface area (Å²) in [6.07, 6.45) is 0. The summed E-state index contributed by atoms with van der Waals surface area (Å²) < 4.78 is 10.9. The Hall–Kier alpha value is -4.36. The number of fused-ring (bicyclic) bond motifs is 1. The Bertz CT molecular complexity index is 1370. The number of anilines is 2. The van der Waals surface area contributed by atoms with Crippen molar-refractivity contribution in [3.05, 3.63) is 96.1 Å². The lowest BCUT2D eigenvalue weighted by molar-refractivity contribution is -0.115. The molecule has 0 saturated carbocycles. The first-order chi connectivity index (χ1) is 17.5. The van der Waals surface area contributed by atoms with Crippen LogP contribution in [0.2, 0.25) is 0 Å². The summed E-state index contributed by atoms with van der Waals surface area (Å²) in [4.78, 5) is 25.4. The van der Waals surface area contributed by atoms with Crippen LogP contribution in [0.3, 0.4) is 0 Å². The minimum absolute atomic E-state index is 0.0335. The molecule has 0 radical (unpaired) electrons. The molecule has 7 nitrogen and oxygen atoms in total. The molecule has 184 valence electrons. The highest BCUT2D eigenvalue weighted by atomic mass is 16.5. The maximum absolute atomic E-state index is 12.8. The molecule has 3 N–H and O–H groups in total. The quantitative estimate of drug-likeness (QED) is 0.297. The van der Waals surface area contributed by atoms with E-state index in [9.17, 15) is 9.59 Å². The van der Waals surface area contributed by atoms with Crippen LogP contribution >= 0.6 is 0 Å². The van der Waals surface area contributed by atoms with Gasteiger partial charge in [0.2, 0.25) is 5.91 Å². The average Bonchev–Trinajstić information content (AvgIpc) is 2.92. The molecule has 0 unspecified atom stereocenters. The van der Waals surface area contributed by atoms with Crippen molar-refractivity contribution in [1.82, 2.24) is 5.32 Å². The van der Waals surface area contributed by atoms with E-state index in [-0.39, 0.29) is 24.4 Å². The van der Waals surface area contributed by atoms with Gasteiger partial charge in [0.15, 0.2) is 0 Å². The average molecular weight is 484 g/mol. The molecule has 0 spiro atoms. The largest absolute Gasteiger partial charge is 0.494 e. The molecule has 7 heteroatoms. The van der Waals surface area contributed by atoms with Crippen molar-refractivity contribution in [2.24, 2.45) is 0 Å². The number of amides is 2. The van der Waals surface area contributed by atoms with E-state index in [0.29, 0.717) is 28.4 Å². The predicted octanol–water partition coefficient (Wildman–Crippen LogP) is 5.40. The Morgan fingerprint density at radius 1 is 0.778 bits per heavy atom. The van der Waals surface area contributed by atoms with Gasteiger partial charge in [-0.1, -0.05) is 60.7 Å². The summed E-state index contributed by atoms with van der Waals surface area (Å²) in [6, 6.07) is 26.4. The first-order valence-electron chi connectivity index (χ1n) is 11.6. The highest BCUT2D eigenvalue weighted by molar-refractivity contribution is 6.05. The van der Waals surface area contributed by atoms with Gasteiger partial charge in [-0.15, -0.1) is 0 Å². The standard InChI is InChI=1S/C29H29N3O4/c1-19(22-15-9-13-20-10-7-8-14-23(20)22)30-18-28(33)31-24-16-27(36-3)25(17-26(24)35-2)32-29(34)21-11-5-4-6-12-21/h4-17,19,30H,18H2,1-3H3,(H,31,33)(H,32,34)/t19-/m0/s1. The van der Waals surface area contributed by atoms with Crippen LogP contribution in [0, 0.1) is 0 Å². The second kappa shape index (κ2) is 11.4. The van der Waals surface area contributed by atoms with Gasteiger partial charge in [-0.2, -0.15) is 0 Å². The van der Waals surface area contributed by atoms with Gasteiger partial charge >= 0.3 is 0 Å². The Kier molecular flexibility index (Phi) is 7.82. The molecule has 0 bridgehead atoms. The molecule has 0 aliphatic heterocycles. The second-order valence-corrected chi connectivity index (χ2v) is 8.29. The van der Waals surface area contributed by atoms with Crippen LogP contribution in [-0.4, -0.2) is 32.6 Å². The normalized spacial score (nSPS) is 11.5. The van der Waals surface area contributed by atoms with Gasteiger partial charge in [-0.25, -0.2) is 0 Å². The van der Waals surface area contributed by atoms with Crippen molar-refractivity contribution in [2.75, 3.05) is 31.4 Å². The van der Waals surface area contributed by atoms with Crippen molar-refractivity contribution in [3.63, 3.8) is 0 Å². The zero-order valence-electron chi connectivity index (χ0n) is 20.5. The summed E-state index contributed by atoms with van der Waals surface area (Å²) >= 11 is 0. The third kappa shape index (κ3) is 5.64. The van der Waals surface area contributed by atoms with Gasteiger partial charge in [-0.3, -0.25) is 9.59 Å². The molecule has 2 amide bonds. The minimum Gasteiger partial charge on any atom is -0.494 e. The second-order valence-electron chi connectivity index (χ2n) is 8.29. The highest BCUT2D eigenvalue weighted by Crippen LogP contribution is 2.36. The highest BCUT2D eigenvalue weighted by Gasteiger charge is 2.17. The smallest absolute Gasteiger partial charge is 0.255 e. The zero-order valence-corrected chi connectivity index (χ0v) is 20.5. The van der Waals surface area contributed by atoms with Gasteiger partial charge in [0.05, 0.1) is 32.1 Å². The third-order valence-electron chi connectivity index (χ3n) is 5.94. The fourth-order valence-electron chi connectivity index (χ4n) is 4.06. The SMILES string of the molecule is COc1cc(NC(=O)c2ccccc2)c(OC)cc1NC(=O)CN[C@@H](C)c1cccc2ccccc12. The number of nitrogens with one attached hydrogen (secondary N) is 3. The van der Waals surface area contributed by atoms with E-state index in [2.05, 4.69) is 40.2 Å². The van der Waals surface area contributed by atoms with Gasteiger partial charge in [0.25, 0.3) is 5.91 Å². The molecule has 4 rings (SSSR count). The predicted molar refractivity (Wildman–Crippen MR) is 143 cm³/mol. The molecule has 1 atom stereocenters. The number of methoxy groups -OCH3 is 2. The van der Waals surface area contributed by atoms with Crippen LogP contribution in [0.4, 0.5) is 11.4 Å². The summed E-state index contributed by atoms with van der Waals surface area (Å²) in [5.74, 6) is 0.282. The van der Waals surface area contributed by atoms with Crippen molar-refractivity contribution >= 4 is 34.0 Å². The number of hydrogen-bond acceptors (Lipinski definition) is 5. The molecular formula is C29H29N3O4. The molecule has 4 aromatic rings. The summed E-state index contributed by atoms with van der Waals surface area (Å²) in [5.41, 5.74) is 2.52. The number of benzene rings is 4. The van der Waals surface area contributed by atoms with E-state index >= 15 is 0 Å². The fraction of sp³-hybridized carbons (Fsp3) is 0.172. The number of carbonyl (C=O) groups excluding carboxylic acids is 2. The lowest BCUT2D eigenvalue weighted by atomic mass is 10.00. The van der Waals surface area contributed by atoms with Crippen LogP contribution in [0.1, 0.15) is 28.9 Å². The Labute approximate surface area is 210 Å². The molecule has 0 aromatic heterocycles. The molecule has 0 fully saturated rings. The van der Waals surface area contributed by atoms with Crippen molar-refractivity contribution in [2.45, 2.75) is 13.0 Å². The van der Waals surface area contributed by atoms with E-state index in [1.54, 1.807) is 36.4 Å². The molecule has 0 heterocycles. The van der Waals surface area contributed by atoms with E-state index in [1.807, 2.05) is 31.2 Å². The number of carbonyl (C=O) groups is 2. The van der Waals surface area contributed by atoms with Crippen molar-refractivity contribution in [1.29, 1.82) is 0 Å². The Morgan fingerprint density at radius 2 is 1.39 bits per heavy atom. The fourth-order valence-corrected chi connectivity index (χ4v) is 4.06. The van der Waals surface area contributed by atoms with Crippen LogP contribution in [0.25, 0.3) is 10.8 Å². The summed E-state index contributed by atoms with van der Waals surface area (Å²) in [6.45, 7) is 2.13. The molecule has 0 saturated heterocycles. The van der Waals surface area contributed by atoms with E-state index in [4.69, 9.17) is 9.47 Å². The van der Waals surface area contributed by atoms with Crippen molar-refractivity contribution < 1.29 is 19.1 Å². The summed E-state index contributed by atoms with van der Waals surface area (Å²) in [7, 11) is 3.00. The maximum atomic E-state index is 12.8. The summed E-state index contributed by atoms with van der Waals surface area (Å²) in [5, 5.41) is 11.3. The van der Waals surface area contributed by atoms with Gasteiger partial charge < -0.3 is 25.4 Å². The Balaban J connectivity index is 1.45. The van der Waals surface area contributed by atoms with Gasteiger partial charge in [-0.05, 0) is 35.4 Å². The monoisotopic (exact) mass is 483 g/mol. The molecular weight excluding hydrogens is 454 g/mol. The number of rotatable bonds is 9. The van der Waals surface area contributed by atoms with E-state index in [0.717, 1.165) is 16.3 Å². The van der Waals surface area contributed by atoms with E-state index < -0.39 is 0 Å². The zero-order chi connectivity index (χ0) is 25.5. The Morgan fingerprint density at radius 3 is 2.08 bits per heavy atom. The third-order valence-corrected chi connectivity index (χ3v) is 5.94. The van der Waals surface area contributed by atoms with E-state index in [1.165, 1.54) is 14.2 Å². The van der Waals surface area contributed by atoms with Crippen LogP contribution in [-0.2, 0) is 4.79 Å². The van der Waals surface area contributed by atoms with Gasteiger partial charge in [0.1, 0.15) is 11.5 Å². The topological polar surface area (TPSA) is 88.7 Å². The molecule has 4 aromatic carbocycles. The molecule has 0 aliphatic carbocycles. The molecule has 36 heavy (non-hydrogen) atoms. The lowest BCUT2D eigenvalue weighted by Gasteiger charge is -2.18. The number of ether oxygens (including phenoxy) is 2. The first kappa shape index (κ1) is 24.8. The molecule has 0 aliphatic rings. The van der Waals surface area contributed by atoms with Crippen molar-refractivity contribution in [3.8, 4) is 11.5 Å². The lowest BCUT2D eigenvalue weighted by Crippen LogP contribution is -2.30. The maximum Gasteiger partial charge on any atom is 0.255 e. The minimum atomic E-state index is -0.278. The van der Waals surface area contributed by atoms with Crippen LogP contribution in [0.5, 0.6) is 11.5 Å². The van der Waals surface area contributed by atoms with Gasteiger partial charge in [0, 0.05) is 23.7 Å². The first-order valence-corrected chi connectivity index (χ1v) is 11.6. The van der Waals surface area contributed by atoms with Crippen LogP contribution in [0.15, 0.2) is 84.9 Å². The van der Waals surface area contributed by atoms with Crippen LogP contribution < -0.4 is 25.4 Å². The number of hydrogen-bond donors (Lipinski definition) is 3.